The van der Waals surface area contributed by atoms with Gasteiger partial charge in [-0.05, 0) is 136 Å². The molecule has 0 radical (unpaired) electrons. The van der Waals surface area contributed by atoms with E-state index in [0.717, 1.165) is 73.7 Å². The van der Waals surface area contributed by atoms with Gasteiger partial charge in [0, 0.05) is 73.5 Å². The lowest BCUT2D eigenvalue weighted by molar-refractivity contribution is 0.466. The quantitative estimate of drug-likeness (QED) is 0.156. The van der Waals surface area contributed by atoms with Crippen molar-refractivity contribution in [3.05, 3.63) is 242 Å². The summed E-state index contributed by atoms with van der Waals surface area (Å²) in [6.07, 6.45) is 0. The van der Waals surface area contributed by atoms with Crippen LogP contribution in [0.4, 0.5) is 34.1 Å². The van der Waals surface area contributed by atoms with Crippen molar-refractivity contribution in [2.75, 3.05) is 9.80 Å². The van der Waals surface area contributed by atoms with E-state index in [2.05, 4.69) is 262 Å². The van der Waals surface area contributed by atoms with E-state index in [0.29, 0.717) is 0 Å². The number of anilines is 6. The molecule has 0 unspecified atom stereocenters. The molecule has 6 nitrogen and oxygen atoms in total. The summed E-state index contributed by atoms with van der Waals surface area (Å²) in [5, 5.41) is 4.84. The van der Waals surface area contributed by atoms with Gasteiger partial charge in [-0.25, -0.2) is 0 Å². The molecule has 0 amide bonds. The minimum atomic E-state index is -0.126. The Morgan fingerprint density at radius 3 is 1.49 bits per heavy atom. The summed E-state index contributed by atoms with van der Waals surface area (Å²) >= 11 is 0. The molecule has 8 heteroatoms. The van der Waals surface area contributed by atoms with Crippen LogP contribution in [-0.2, 0) is 0 Å². The first-order chi connectivity index (χ1) is 37.1. The first kappa shape index (κ1) is 40.9. The third-order valence-corrected chi connectivity index (χ3v) is 16.4. The zero-order valence-corrected chi connectivity index (χ0v) is 40.8. The van der Waals surface area contributed by atoms with Crippen LogP contribution in [0.3, 0.4) is 0 Å². The summed E-state index contributed by atoms with van der Waals surface area (Å²) < 4.78 is 19.7. The van der Waals surface area contributed by atoms with Gasteiger partial charge in [0.2, 0.25) is 0 Å². The van der Waals surface area contributed by atoms with E-state index in [-0.39, 0.29) is 13.4 Å². The lowest BCUT2D eigenvalue weighted by Crippen LogP contribution is -2.62. The number of nitrogens with zero attached hydrogens (tertiary/aromatic N) is 4. The Morgan fingerprint density at radius 1 is 0.347 bits per heavy atom. The van der Waals surface area contributed by atoms with Gasteiger partial charge in [-0.3, -0.25) is 0 Å². The zero-order chi connectivity index (χ0) is 49.0. The summed E-state index contributed by atoms with van der Waals surface area (Å²) in [6, 6.07) is 86.1. The standard InChI is InChI=1S/C67H42B2N4O2/c1-41-30-33-50-56(36-41)73-55-29-17-15-27-49(55)63-58(71(44-22-10-4-11-23-44)45-24-12-5-13-25-45)39-62-65(67(63)73)69(50)53-38-52-60(40-61(53)75-62)74-59-35-32-48-47-26-14-16-28-54(47)72-57-37-46(31-34-51(57)68(52)64(59)66(48)72)70(42-18-6-2-7-19-42)43-20-8-3-9-21-43/h2-40H,1H3. The highest BCUT2D eigenvalue weighted by atomic mass is 16.5. The van der Waals surface area contributed by atoms with Crippen molar-refractivity contribution in [1.29, 1.82) is 0 Å². The molecule has 0 fully saturated rings. The molecule has 2 aromatic heterocycles. The number of aryl methyl sites for hydroxylation is 1. The van der Waals surface area contributed by atoms with Crippen LogP contribution in [0, 0.1) is 6.92 Å². The maximum atomic E-state index is 7.45. The minimum absolute atomic E-state index is 0.123. The Bertz CT molecular complexity index is 4500. The van der Waals surface area contributed by atoms with Crippen LogP contribution < -0.4 is 52.1 Å². The number of aromatic nitrogens is 2. The molecule has 4 aliphatic heterocycles. The third kappa shape index (κ3) is 5.60. The normalized spacial score (nSPS) is 13.0. The number of fused-ring (bicyclic) bond motifs is 16. The van der Waals surface area contributed by atoms with Gasteiger partial charge in [-0.1, -0.05) is 133 Å². The van der Waals surface area contributed by atoms with Crippen LogP contribution in [-0.4, -0.2) is 22.6 Å². The van der Waals surface area contributed by atoms with Crippen molar-refractivity contribution < 1.29 is 9.47 Å². The Morgan fingerprint density at radius 2 is 0.853 bits per heavy atom. The molecule has 75 heavy (non-hydrogen) atoms. The van der Waals surface area contributed by atoms with Crippen LogP contribution >= 0.6 is 0 Å². The lowest BCUT2D eigenvalue weighted by Gasteiger charge is -2.37. The fourth-order valence-electron chi connectivity index (χ4n) is 13.4. The SMILES string of the molecule is Cc1ccc2c(c1)-n1c3ccccc3c3c(N(c4ccccc4)c4ccccc4)cc4c(c31)B2c1cc2c(cc1O4)Oc1ccc3c4ccccc4n4c3c1B2c1ccc(N(c2ccccc2)c2ccccc2)cc1-4. The second-order valence-electron chi connectivity index (χ2n) is 20.4. The second kappa shape index (κ2) is 15.2. The molecule has 0 bridgehead atoms. The number of benzene rings is 11. The number of rotatable bonds is 6. The molecule has 13 aromatic rings. The zero-order valence-electron chi connectivity index (χ0n) is 40.8. The van der Waals surface area contributed by atoms with E-state index in [4.69, 9.17) is 9.47 Å². The summed E-state index contributed by atoms with van der Waals surface area (Å²) in [7, 11) is 0. The van der Waals surface area contributed by atoms with Crippen molar-refractivity contribution in [2.45, 2.75) is 6.92 Å². The van der Waals surface area contributed by atoms with E-state index in [9.17, 15) is 0 Å². The van der Waals surface area contributed by atoms with Crippen molar-refractivity contribution in [2.24, 2.45) is 0 Å². The maximum Gasteiger partial charge on any atom is 0.256 e. The van der Waals surface area contributed by atoms with Crippen molar-refractivity contribution >= 4 is 124 Å². The summed E-state index contributed by atoms with van der Waals surface area (Å²) in [6.45, 7) is 1.96. The molecule has 11 aromatic carbocycles. The monoisotopic (exact) mass is 956 g/mol. The minimum Gasteiger partial charge on any atom is -0.458 e. The van der Waals surface area contributed by atoms with Crippen molar-refractivity contribution in [3.8, 4) is 34.4 Å². The molecule has 6 heterocycles. The smallest absolute Gasteiger partial charge is 0.256 e. The first-order valence-electron chi connectivity index (χ1n) is 25.9. The van der Waals surface area contributed by atoms with Crippen molar-refractivity contribution in [3.63, 3.8) is 0 Å². The summed E-state index contributed by atoms with van der Waals surface area (Å²) in [4.78, 5) is 4.76. The number of hydrogen-bond donors (Lipinski definition) is 0. The van der Waals surface area contributed by atoms with Gasteiger partial charge in [0.1, 0.15) is 23.0 Å². The van der Waals surface area contributed by atoms with Crippen LogP contribution in [0.1, 0.15) is 5.56 Å². The Labute approximate surface area is 433 Å². The third-order valence-electron chi connectivity index (χ3n) is 16.4. The molecule has 17 rings (SSSR count). The van der Waals surface area contributed by atoms with Gasteiger partial charge in [-0.15, -0.1) is 0 Å². The topological polar surface area (TPSA) is 34.8 Å². The van der Waals surface area contributed by atoms with E-state index in [1.807, 2.05) is 0 Å². The highest BCUT2D eigenvalue weighted by molar-refractivity contribution is 7.02. The van der Waals surface area contributed by atoms with Gasteiger partial charge in [0.15, 0.2) is 0 Å². The van der Waals surface area contributed by atoms with Crippen LogP contribution in [0.25, 0.3) is 55.0 Å². The number of ether oxygens (including phenoxy) is 2. The predicted molar refractivity (Wildman–Crippen MR) is 312 cm³/mol. The van der Waals surface area contributed by atoms with E-state index in [1.165, 1.54) is 76.7 Å². The van der Waals surface area contributed by atoms with Crippen molar-refractivity contribution in [1.82, 2.24) is 9.13 Å². The molecule has 0 saturated carbocycles. The molecule has 0 spiro atoms. The highest BCUT2D eigenvalue weighted by Crippen LogP contribution is 2.49. The fraction of sp³-hybridized carbons (Fsp3) is 0.0149. The van der Waals surface area contributed by atoms with E-state index >= 15 is 0 Å². The average molecular weight is 957 g/mol. The Hall–Kier alpha value is -9.65. The largest absolute Gasteiger partial charge is 0.458 e. The van der Waals surface area contributed by atoms with Crippen LogP contribution in [0.2, 0.25) is 0 Å². The van der Waals surface area contributed by atoms with Crippen LogP contribution in [0.5, 0.6) is 23.0 Å². The highest BCUT2D eigenvalue weighted by Gasteiger charge is 2.46. The first-order valence-corrected chi connectivity index (χ1v) is 25.9. The van der Waals surface area contributed by atoms with Gasteiger partial charge in [0.25, 0.3) is 13.4 Å². The Kier molecular flexibility index (Phi) is 8.29. The number of para-hydroxylation sites is 6. The molecule has 0 atom stereocenters. The second-order valence-corrected chi connectivity index (χ2v) is 20.4. The van der Waals surface area contributed by atoms with Gasteiger partial charge >= 0.3 is 0 Å². The Balaban J connectivity index is 0.930. The van der Waals surface area contributed by atoms with Gasteiger partial charge in [-0.2, -0.15) is 0 Å². The summed E-state index contributed by atoms with van der Waals surface area (Å²) in [5.41, 5.74) is 22.0. The lowest BCUT2D eigenvalue weighted by atomic mass is 9.31. The molecule has 4 aliphatic rings. The fourth-order valence-corrected chi connectivity index (χ4v) is 13.4. The van der Waals surface area contributed by atoms with E-state index < -0.39 is 0 Å². The summed E-state index contributed by atoms with van der Waals surface area (Å²) in [5.74, 6) is 3.35. The number of hydrogen-bond acceptors (Lipinski definition) is 4. The van der Waals surface area contributed by atoms with Crippen LogP contribution in [0.15, 0.2) is 237 Å². The van der Waals surface area contributed by atoms with Gasteiger partial charge < -0.3 is 28.4 Å². The molecule has 348 valence electrons. The van der Waals surface area contributed by atoms with Gasteiger partial charge in [0.05, 0.1) is 27.8 Å². The molecule has 0 N–H and O–H groups in total. The molecular formula is C67H42B2N4O2. The molecule has 0 saturated heterocycles. The molecular weight excluding hydrogens is 914 g/mol. The maximum absolute atomic E-state index is 7.45. The average Bonchev–Trinajstić information content (AvgIpc) is 4.05. The van der Waals surface area contributed by atoms with E-state index in [1.54, 1.807) is 0 Å². The molecule has 0 aliphatic carbocycles. The predicted octanol–water partition coefficient (Wildman–Crippen LogP) is 13.0.